The Balaban J connectivity index is 2.25. The Morgan fingerprint density at radius 3 is 2.74 bits per heavy atom. The minimum absolute atomic E-state index is 0.000880. The Morgan fingerprint density at radius 2 is 2.21 bits per heavy atom. The van der Waals surface area contributed by atoms with Crippen molar-refractivity contribution in [3.05, 3.63) is 10.7 Å². The number of thiazole rings is 1. The van der Waals surface area contributed by atoms with Gasteiger partial charge in [-0.25, -0.2) is 18.1 Å². The Kier molecular flexibility index (Phi) is 4.02. The molecule has 1 aromatic heterocycles. The van der Waals surface area contributed by atoms with Gasteiger partial charge in [-0.2, -0.15) is 0 Å². The Bertz CT molecular complexity index is 568. The molecule has 0 radical (unpaired) electrons. The Morgan fingerprint density at radius 1 is 1.53 bits per heavy atom. The zero-order valence-corrected chi connectivity index (χ0v) is 13.1. The number of aromatic nitrogens is 1. The van der Waals surface area contributed by atoms with E-state index in [1.54, 1.807) is 13.8 Å². The molecule has 5 nitrogen and oxygen atoms in total. The number of nitrogens with one attached hydrogen (secondary N) is 1. The summed E-state index contributed by atoms with van der Waals surface area (Å²) >= 11 is 1.19. The van der Waals surface area contributed by atoms with Crippen LogP contribution in [0.5, 0.6) is 0 Å². The van der Waals surface area contributed by atoms with Gasteiger partial charge in [0.1, 0.15) is 0 Å². The van der Waals surface area contributed by atoms with Crippen molar-refractivity contribution in [1.29, 1.82) is 0 Å². The fourth-order valence-electron chi connectivity index (χ4n) is 2.63. The summed E-state index contributed by atoms with van der Waals surface area (Å²) in [6, 6.07) is -0.204. The number of hydrogen-bond donors (Lipinski definition) is 2. The molecule has 0 spiro atoms. The van der Waals surface area contributed by atoms with Gasteiger partial charge in [-0.15, -0.1) is 11.3 Å². The molecule has 1 aliphatic carbocycles. The van der Waals surface area contributed by atoms with Crippen LogP contribution in [0.15, 0.2) is 4.21 Å². The smallest absolute Gasteiger partial charge is 0.252 e. The summed E-state index contributed by atoms with van der Waals surface area (Å²) in [5.41, 5.74) is 0.180. The number of aliphatic hydroxyl groups is 1. The van der Waals surface area contributed by atoms with Crippen LogP contribution in [-0.2, 0) is 10.0 Å². The first-order valence-corrected chi connectivity index (χ1v) is 8.66. The highest BCUT2D eigenvalue weighted by Crippen LogP contribution is 2.38. The molecule has 7 heteroatoms. The van der Waals surface area contributed by atoms with Gasteiger partial charge >= 0.3 is 0 Å². The molecule has 1 fully saturated rings. The lowest BCUT2D eigenvalue weighted by Gasteiger charge is -2.29. The minimum Gasteiger partial charge on any atom is -0.396 e. The van der Waals surface area contributed by atoms with Gasteiger partial charge in [-0.1, -0.05) is 13.3 Å². The van der Waals surface area contributed by atoms with Crippen molar-refractivity contribution in [2.45, 2.75) is 50.3 Å². The SMILES string of the molecule is Cc1nc(C)c(S(=O)(=O)N[C@H]2CCC[C@]2(C)CO)s1. The molecule has 19 heavy (non-hydrogen) atoms. The summed E-state index contributed by atoms with van der Waals surface area (Å²) in [5.74, 6) is 0. The Labute approximate surface area is 118 Å². The Hall–Kier alpha value is -0.500. The lowest BCUT2D eigenvalue weighted by Crippen LogP contribution is -2.44. The summed E-state index contributed by atoms with van der Waals surface area (Å²) < 4.78 is 27.8. The summed E-state index contributed by atoms with van der Waals surface area (Å²) in [7, 11) is -3.54. The van der Waals surface area contributed by atoms with Gasteiger partial charge in [0.25, 0.3) is 10.0 Å². The number of nitrogens with zero attached hydrogens (tertiary/aromatic N) is 1. The fraction of sp³-hybridized carbons (Fsp3) is 0.750. The van der Waals surface area contributed by atoms with Gasteiger partial charge in [0.2, 0.25) is 0 Å². The van der Waals surface area contributed by atoms with Crippen LogP contribution >= 0.6 is 11.3 Å². The lowest BCUT2D eigenvalue weighted by molar-refractivity contribution is 0.127. The van der Waals surface area contributed by atoms with E-state index in [1.165, 1.54) is 11.3 Å². The van der Waals surface area contributed by atoms with Gasteiger partial charge in [0, 0.05) is 18.1 Å². The van der Waals surface area contributed by atoms with E-state index in [2.05, 4.69) is 9.71 Å². The van der Waals surface area contributed by atoms with Crippen LogP contribution in [0.4, 0.5) is 0 Å². The second kappa shape index (κ2) is 5.12. The number of aryl methyl sites for hydroxylation is 2. The maximum atomic E-state index is 12.4. The molecule has 1 aliphatic rings. The minimum atomic E-state index is -3.54. The largest absolute Gasteiger partial charge is 0.396 e. The third-order valence-electron chi connectivity index (χ3n) is 3.85. The zero-order chi connectivity index (χ0) is 14.3. The van der Waals surface area contributed by atoms with E-state index in [4.69, 9.17) is 0 Å². The maximum absolute atomic E-state index is 12.4. The van der Waals surface area contributed by atoms with E-state index in [1.807, 2.05) is 6.92 Å². The second-order valence-electron chi connectivity index (χ2n) is 5.48. The van der Waals surface area contributed by atoms with Crippen LogP contribution < -0.4 is 4.72 Å². The standard InChI is InChI=1S/C12H20N2O3S2/c1-8-11(18-9(2)13-8)19(16,17)14-10-5-4-6-12(10,3)7-15/h10,14-15H,4-7H2,1-3H3/t10-,12+/m0/s1. The van der Waals surface area contributed by atoms with Crippen molar-refractivity contribution in [3.8, 4) is 0 Å². The van der Waals surface area contributed by atoms with E-state index in [0.717, 1.165) is 24.3 Å². The van der Waals surface area contributed by atoms with Crippen LogP contribution in [0.3, 0.4) is 0 Å². The number of aliphatic hydroxyl groups excluding tert-OH is 1. The van der Waals surface area contributed by atoms with E-state index < -0.39 is 10.0 Å². The summed E-state index contributed by atoms with van der Waals surface area (Å²) in [5, 5.41) is 10.2. The first kappa shape index (κ1) is 14.9. The molecular formula is C12H20N2O3S2. The summed E-state index contributed by atoms with van der Waals surface area (Å²) in [4.78, 5) is 4.16. The number of sulfonamides is 1. The fourth-order valence-corrected chi connectivity index (χ4v) is 5.53. The van der Waals surface area contributed by atoms with E-state index in [9.17, 15) is 13.5 Å². The summed E-state index contributed by atoms with van der Waals surface area (Å²) in [6.45, 7) is 5.43. The van der Waals surface area contributed by atoms with Gasteiger partial charge in [-0.3, -0.25) is 0 Å². The molecule has 0 saturated heterocycles. The lowest BCUT2D eigenvalue weighted by atomic mass is 9.86. The zero-order valence-electron chi connectivity index (χ0n) is 11.4. The molecule has 108 valence electrons. The quantitative estimate of drug-likeness (QED) is 0.885. The van der Waals surface area contributed by atoms with Crippen molar-refractivity contribution in [2.24, 2.45) is 5.41 Å². The van der Waals surface area contributed by atoms with E-state index in [-0.39, 0.29) is 22.3 Å². The van der Waals surface area contributed by atoms with Crippen LogP contribution in [0.2, 0.25) is 0 Å². The topological polar surface area (TPSA) is 79.3 Å². The number of rotatable bonds is 4. The average Bonchev–Trinajstić information content (AvgIpc) is 2.84. The highest BCUT2D eigenvalue weighted by atomic mass is 32.2. The molecule has 0 aromatic carbocycles. The first-order chi connectivity index (χ1) is 8.78. The number of hydrogen-bond acceptors (Lipinski definition) is 5. The van der Waals surface area contributed by atoms with E-state index in [0.29, 0.717) is 5.69 Å². The molecule has 1 heterocycles. The van der Waals surface area contributed by atoms with Crippen molar-refractivity contribution in [1.82, 2.24) is 9.71 Å². The molecule has 2 atom stereocenters. The third-order valence-corrected chi connectivity index (χ3v) is 7.00. The predicted octanol–water partition coefficient (Wildman–Crippen LogP) is 1.59. The first-order valence-electron chi connectivity index (χ1n) is 6.36. The molecule has 1 aromatic rings. The predicted molar refractivity (Wildman–Crippen MR) is 74.7 cm³/mol. The van der Waals surface area contributed by atoms with Crippen LogP contribution in [0, 0.1) is 19.3 Å². The van der Waals surface area contributed by atoms with E-state index >= 15 is 0 Å². The summed E-state index contributed by atoms with van der Waals surface area (Å²) in [6.07, 6.45) is 2.55. The van der Waals surface area contributed by atoms with Gasteiger partial charge in [0.15, 0.2) is 4.21 Å². The molecule has 0 amide bonds. The maximum Gasteiger partial charge on any atom is 0.252 e. The normalized spacial score (nSPS) is 27.9. The van der Waals surface area contributed by atoms with Crippen LogP contribution in [0.1, 0.15) is 36.9 Å². The highest BCUT2D eigenvalue weighted by molar-refractivity contribution is 7.91. The third kappa shape index (κ3) is 2.84. The molecular weight excluding hydrogens is 284 g/mol. The molecule has 0 aliphatic heterocycles. The monoisotopic (exact) mass is 304 g/mol. The van der Waals surface area contributed by atoms with Crippen molar-refractivity contribution >= 4 is 21.4 Å². The molecule has 0 unspecified atom stereocenters. The van der Waals surface area contributed by atoms with Crippen LogP contribution in [0.25, 0.3) is 0 Å². The molecule has 2 N–H and O–H groups in total. The van der Waals surface area contributed by atoms with Gasteiger partial charge < -0.3 is 5.11 Å². The van der Waals surface area contributed by atoms with Gasteiger partial charge in [-0.05, 0) is 26.7 Å². The molecule has 0 bridgehead atoms. The van der Waals surface area contributed by atoms with Gasteiger partial charge in [0.05, 0.1) is 10.7 Å². The average molecular weight is 304 g/mol. The van der Waals surface area contributed by atoms with Crippen LogP contribution in [-0.4, -0.2) is 31.2 Å². The van der Waals surface area contributed by atoms with Crippen molar-refractivity contribution in [2.75, 3.05) is 6.61 Å². The molecule has 1 saturated carbocycles. The van der Waals surface area contributed by atoms with Crippen molar-refractivity contribution in [3.63, 3.8) is 0 Å². The van der Waals surface area contributed by atoms with Crippen molar-refractivity contribution < 1.29 is 13.5 Å². The highest BCUT2D eigenvalue weighted by Gasteiger charge is 2.41. The molecule has 2 rings (SSSR count). The second-order valence-corrected chi connectivity index (χ2v) is 8.60.